The minimum absolute atomic E-state index is 0.728. The molecule has 0 N–H and O–H groups in total. The normalized spacial score (nSPS) is 11.2. The molecule has 0 saturated carbocycles. The van der Waals surface area contributed by atoms with E-state index in [4.69, 9.17) is 21.0 Å². The lowest BCUT2D eigenvalue weighted by molar-refractivity contribution is 0.224. The van der Waals surface area contributed by atoms with Crippen molar-refractivity contribution >= 4 is 22.9 Å². The van der Waals surface area contributed by atoms with Gasteiger partial charge in [-0.3, -0.25) is 9.88 Å². The third kappa shape index (κ3) is 5.29. The van der Waals surface area contributed by atoms with E-state index in [-0.39, 0.29) is 0 Å². The first kappa shape index (κ1) is 18.9. The predicted octanol–water partition coefficient (Wildman–Crippen LogP) is 5.58. The maximum atomic E-state index is 5.97. The molecule has 0 atom stereocenters. The molecule has 0 aliphatic carbocycles. The van der Waals surface area contributed by atoms with Gasteiger partial charge in [-0.25, -0.2) is 4.98 Å². The van der Waals surface area contributed by atoms with E-state index in [2.05, 4.69) is 33.5 Å². The van der Waals surface area contributed by atoms with Crippen molar-refractivity contribution in [1.29, 1.82) is 0 Å². The molecular weight excluding hydrogens is 390 g/mol. The molecule has 0 saturated heterocycles. The Hall–Kier alpha value is -2.47. The Morgan fingerprint density at radius 2 is 1.86 bits per heavy atom. The lowest BCUT2D eigenvalue weighted by Crippen LogP contribution is -2.22. The second-order valence-electron chi connectivity index (χ2n) is 6.62. The molecule has 0 spiro atoms. The van der Waals surface area contributed by atoms with Crippen LogP contribution < -0.4 is 0 Å². The Morgan fingerprint density at radius 3 is 2.61 bits per heavy atom. The van der Waals surface area contributed by atoms with Crippen LogP contribution in [0.2, 0.25) is 5.02 Å². The monoisotopic (exact) mass is 409 g/mol. The number of hydrogen-bond acceptors (Lipinski definition) is 5. The molecule has 4 rings (SSSR count). The van der Waals surface area contributed by atoms with E-state index in [1.165, 1.54) is 11.1 Å². The van der Waals surface area contributed by atoms with Crippen molar-refractivity contribution in [2.75, 3.05) is 0 Å². The third-order valence-electron chi connectivity index (χ3n) is 4.34. The second-order valence-corrected chi connectivity index (χ2v) is 8.00. The van der Waals surface area contributed by atoms with E-state index in [9.17, 15) is 0 Å². The molecule has 0 aliphatic rings. The minimum atomic E-state index is 0.728. The molecule has 3 heterocycles. The van der Waals surface area contributed by atoms with Crippen molar-refractivity contribution in [3.8, 4) is 0 Å². The van der Waals surface area contributed by atoms with Crippen molar-refractivity contribution in [2.24, 2.45) is 0 Å². The van der Waals surface area contributed by atoms with Crippen LogP contribution in [0, 0.1) is 0 Å². The fourth-order valence-electron chi connectivity index (χ4n) is 3.05. The summed E-state index contributed by atoms with van der Waals surface area (Å²) in [5.74, 6) is 0.945. The first-order chi connectivity index (χ1) is 13.7. The molecular formula is C22H20ClN3OS. The van der Waals surface area contributed by atoms with E-state index in [1.54, 1.807) is 23.8 Å². The van der Waals surface area contributed by atoms with Gasteiger partial charge in [0.15, 0.2) is 0 Å². The first-order valence-corrected chi connectivity index (χ1v) is 10.3. The number of thiazole rings is 1. The lowest BCUT2D eigenvalue weighted by atomic mass is 10.2. The summed E-state index contributed by atoms with van der Waals surface area (Å²) in [5.41, 5.74) is 3.46. The highest BCUT2D eigenvalue weighted by atomic mass is 35.5. The molecule has 0 radical (unpaired) electrons. The van der Waals surface area contributed by atoms with Crippen LogP contribution in [0.4, 0.5) is 0 Å². The summed E-state index contributed by atoms with van der Waals surface area (Å²) in [5, 5.41) is 4.01. The van der Waals surface area contributed by atoms with Gasteiger partial charge >= 0.3 is 0 Å². The summed E-state index contributed by atoms with van der Waals surface area (Å²) in [6, 6.07) is 15.9. The molecule has 6 heteroatoms. The Bertz CT molecular complexity index is 984. The number of nitrogens with zero attached hydrogens (tertiary/aromatic N) is 3. The highest BCUT2D eigenvalue weighted by Crippen LogP contribution is 2.19. The average molecular weight is 410 g/mol. The van der Waals surface area contributed by atoms with Gasteiger partial charge in [0.05, 0.1) is 23.5 Å². The molecule has 28 heavy (non-hydrogen) atoms. The van der Waals surface area contributed by atoms with Crippen LogP contribution in [0.5, 0.6) is 0 Å². The highest BCUT2D eigenvalue weighted by Gasteiger charge is 2.13. The number of furan rings is 1. The summed E-state index contributed by atoms with van der Waals surface area (Å²) in [6.07, 6.45) is 6.24. The van der Waals surface area contributed by atoms with Crippen LogP contribution in [0.15, 0.2) is 77.0 Å². The van der Waals surface area contributed by atoms with Crippen LogP contribution in [-0.2, 0) is 26.1 Å². The fraction of sp³-hybridized carbons (Fsp3) is 0.182. The lowest BCUT2D eigenvalue weighted by Gasteiger charge is -2.20. The molecule has 4 aromatic rings. The van der Waals surface area contributed by atoms with Crippen LogP contribution in [0.25, 0.3) is 0 Å². The summed E-state index contributed by atoms with van der Waals surface area (Å²) in [6.45, 7) is 2.28. The van der Waals surface area contributed by atoms with Crippen molar-refractivity contribution < 1.29 is 4.42 Å². The van der Waals surface area contributed by atoms with Crippen LogP contribution in [0.1, 0.15) is 27.6 Å². The second kappa shape index (κ2) is 9.15. The smallest absolute Gasteiger partial charge is 0.117 e. The predicted molar refractivity (Wildman–Crippen MR) is 112 cm³/mol. The maximum absolute atomic E-state index is 5.97. The maximum Gasteiger partial charge on any atom is 0.117 e. The summed E-state index contributed by atoms with van der Waals surface area (Å²) in [4.78, 5) is 11.4. The van der Waals surface area contributed by atoms with Gasteiger partial charge in [0.25, 0.3) is 0 Å². The Labute approximate surface area is 173 Å². The summed E-state index contributed by atoms with van der Waals surface area (Å²) >= 11 is 7.67. The van der Waals surface area contributed by atoms with Gasteiger partial charge in [-0.15, -0.1) is 11.3 Å². The minimum Gasteiger partial charge on any atom is -0.468 e. The zero-order chi connectivity index (χ0) is 19.2. The standard InChI is InChI=1S/C22H20ClN3OS/c23-19-7-5-17(6-8-19)11-22-25-20(16-28-22)14-26(15-21-4-2-10-27-21)13-18-3-1-9-24-12-18/h1-10,12,16H,11,13-15H2. The van der Waals surface area contributed by atoms with Gasteiger partial charge < -0.3 is 4.42 Å². The Balaban J connectivity index is 1.45. The zero-order valence-corrected chi connectivity index (χ0v) is 16.9. The molecule has 4 nitrogen and oxygen atoms in total. The van der Waals surface area contributed by atoms with Gasteiger partial charge in [-0.2, -0.15) is 0 Å². The van der Waals surface area contributed by atoms with E-state index in [1.807, 2.05) is 36.5 Å². The molecule has 0 aliphatic heterocycles. The van der Waals surface area contributed by atoms with Crippen LogP contribution >= 0.6 is 22.9 Å². The molecule has 0 fully saturated rings. The molecule has 3 aromatic heterocycles. The summed E-state index contributed by atoms with van der Waals surface area (Å²) in [7, 11) is 0. The van der Waals surface area contributed by atoms with E-state index in [0.29, 0.717) is 0 Å². The number of rotatable bonds is 8. The van der Waals surface area contributed by atoms with Gasteiger partial charge in [0, 0.05) is 42.3 Å². The van der Waals surface area contributed by atoms with Gasteiger partial charge in [0.2, 0.25) is 0 Å². The van der Waals surface area contributed by atoms with Crippen LogP contribution in [0.3, 0.4) is 0 Å². The number of halogens is 1. The van der Waals surface area contributed by atoms with Gasteiger partial charge in [-0.1, -0.05) is 29.8 Å². The molecule has 142 valence electrons. The van der Waals surface area contributed by atoms with Gasteiger partial charge in [-0.05, 0) is 41.5 Å². The number of aromatic nitrogens is 2. The molecule has 0 unspecified atom stereocenters. The van der Waals surface area contributed by atoms with Crippen LogP contribution in [-0.4, -0.2) is 14.9 Å². The molecule has 0 bridgehead atoms. The van der Waals surface area contributed by atoms with E-state index >= 15 is 0 Å². The highest BCUT2D eigenvalue weighted by molar-refractivity contribution is 7.09. The zero-order valence-electron chi connectivity index (χ0n) is 15.3. The number of hydrogen-bond donors (Lipinski definition) is 0. The van der Waals surface area contributed by atoms with Crippen molar-refractivity contribution in [2.45, 2.75) is 26.1 Å². The SMILES string of the molecule is Clc1ccc(Cc2nc(CN(Cc3cccnc3)Cc3ccco3)cs2)cc1. The molecule has 0 amide bonds. The third-order valence-corrected chi connectivity index (χ3v) is 5.49. The van der Waals surface area contributed by atoms with Crippen molar-refractivity contribution in [1.82, 2.24) is 14.9 Å². The largest absolute Gasteiger partial charge is 0.468 e. The van der Waals surface area contributed by atoms with E-state index in [0.717, 1.165) is 47.5 Å². The van der Waals surface area contributed by atoms with Crippen molar-refractivity contribution in [3.05, 3.63) is 105 Å². The van der Waals surface area contributed by atoms with E-state index < -0.39 is 0 Å². The topological polar surface area (TPSA) is 42.2 Å². The van der Waals surface area contributed by atoms with Gasteiger partial charge in [0.1, 0.15) is 5.76 Å². The summed E-state index contributed by atoms with van der Waals surface area (Å²) < 4.78 is 5.55. The number of benzene rings is 1. The fourth-order valence-corrected chi connectivity index (χ4v) is 3.99. The first-order valence-electron chi connectivity index (χ1n) is 9.06. The Kier molecular flexibility index (Phi) is 6.17. The quantitative estimate of drug-likeness (QED) is 0.381. The van der Waals surface area contributed by atoms with Crippen molar-refractivity contribution in [3.63, 3.8) is 0 Å². The number of pyridine rings is 1. The Morgan fingerprint density at radius 1 is 0.964 bits per heavy atom. The average Bonchev–Trinajstić information content (AvgIpc) is 3.37. The molecule has 1 aromatic carbocycles.